The van der Waals surface area contributed by atoms with Gasteiger partial charge in [0, 0.05) is 35.8 Å². The van der Waals surface area contributed by atoms with Gasteiger partial charge in [0.25, 0.3) is 5.91 Å². The van der Waals surface area contributed by atoms with E-state index in [9.17, 15) is 14.4 Å². The van der Waals surface area contributed by atoms with Gasteiger partial charge in [0.1, 0.15) is 5.75 Å². The molecule has 0 saturated carbocycles. The van der Waals surface area contributed by atoms with Gasteiger partial charge in [0.05, 0.1) is 0 Å². The molecule has 32 heavy (non-hydrogen) atoms. The minimum absolute atomic E-state index is 0.218. The highest BCUT2D eigenvalue weighted by Crippen LogP contribution is 2.16. The molecule has 0 unspecified atom stereocenters. The predicted octanol–water partition coefficient (Wildman–Crippen LogP) is 4.85. The second-order valence-corrected chi connectivity index (χ2v) is 7.31. The molecule has 0 heterocycles. The zero-order valence-electron chi connectivity index (χ0n) is 17.3. The summed E-state index contributed by atoms with van der Waals surface area (Å²) in [5.41, 5.74) is 2.73. The van der Waals surface area contributed by atoms with Crippen LogP contribution in [0.15, 0.2) is 78.9 Å². The number of hydrogen-bond acceptors (Lipinski definition) is 4. The van der Waals surface area contributed by atoms with Crippen LogP contribution in [0.3, 0.4) is 0 Å². The Kier molecular flexibility index (Phi) is 7.78. The number of hydrogen-bond donors (Lipinski definition) is 2. The standard InChI is InChI=1S/C25H21ClN2O4/c1-17(29)32-23-4-2-3-20(15-23)25(31)28-22-12-7-19(8-13-22)16-27-24(30)14-9-18-5-10-21(26)11-6-18/h2-15H,16H2,1H3,(H,27,30)(H,28,31)/b14-9+. The number of nitrogens with one attached hydrogen (secondary N) is 2. The number of ether oxygens (including phenoxy) is 1. The maximum atomic E-state index is 12.4. The first-order chi connectivity index (χ1) is 15.4. The second-order valence-electron chi connectivity index (χ2n) is 6.88. The van der Waals surface area contributed by atoms with Gasteiger partial charge in [-0.15, -0.1) is 0 Å². The Labute approximate surface area is 190 Å². The van der Waals surface area contributed by atoms with Gasteiger partial charge in [0.15, 0.2) is 0 Å². The van der Waals surface area contributed by atoms with Crippen LogP contribution in [0, 0.1) is 0 Å². The minimum Gasteiger partial charge on any atom is -0.427 e. The molecular weight excluding hydrogens is 428 g/mol. The van der Waals surface area contributed by atoms with Gasteiger partial charge in [-0.05, 0) is 59.7 Å². The molecule has 2 N–H and O–H groups in total. The molecule has 0 atom stereocenters. The molecule has 0 fully saturated rings. The Hall–Kier alpha value is -3.90. The topological polar surface area (TPSA) is 84.5 Å². The van der Waals surface area contributed by atoms with E-state index >= 15 is 0 Å². The molecule has 0 aliphatic rings. The van der Waals surface area contributed by atoms with Gasteiger partial charge in [0.2, 0.25) is 5.91 Å². The van der Waals surface area contributed by atoms with Crippen LogP contribution >= 0.6 is 11.6 Å². The predicted molar refractivity (Wildman–Crippen MR) is 124 cm³/mol. The van der Waals surface area contributed by atoms with E-state index in [1.165, 1.54) is 19.1 Å². The molecule has 0 bridgehead atoms. The summed E-state index contributed by atoms with van der Waals surface area (Å²) in [5.74, 6) is -0.690. The molecule has 0 aliphatic heterocycles. The fourth-order valence-electron chi connectivity index (χ4n) is 2.77. The van der Waals surface area contributed by atoms with Crippen LogP contribution in [0.25, 0.3) is 6.08 Å². The number of benzene rings is 3. The fourth-order valence-corrected chi connectivity index (χ4v) is 2.90. The summed E-state index contributed by atoms with van der Waals surface area (Å²) in [7, 11) is 0. The van der Waals surface area contributed by atoms with Crippen LogP contribution in [0.4, 0.5) is 5.69 Å². The molecule has 3 rings (SSSR count). The van der Waals surface area contributed by atoms with Crippen molar-refractivity contribution >= 4 is 41.1 Å². The van der Waals surface area contributed by atoms with E-state index in [4.69, 9.17) is 16.3 Å². The average molecular weight is 449 g/mol. The van der Waals surface area contributed by atoms with E-state index in [2.05, 4.69) is 10.6 Å². The highest BCUT2D eigenvalue weighted by atomic mass is 35.5. The van der Waals surface area contributed by atoms with Crippen molar-refractivity contribution in [2.75, 3.05) is 5.32 Å². The largest absolute Gasteiger partial charge is 0.427 e. The Morgan fingerprint density at radius 3 is 2.38 bits per heavy atom. The Balaban J connectivity index is 1.51. The van der Waals surface area contributed by atoms with Crippen molar-refractivity contribution in [3.63, 3.8) is 0 Å². The van der Waals surface area contributed by atoms with Gasteiger partial charge in [-0.2, -0.15) is 0 Å². The normalized spacial score (nSPS) is 10.6. The molecule has 162 valence electrons. The summed E-state index contributed by atoms with van der Waals surface area (Å²) in [6.45, 7) is 1.65. The summed E-state index contributed by atoms with van der Waals surface area (Å²) in [6.07, 6.45) is 3.17. The van der Waals surface area contributed by atoms with Crippen LogP contribution < -0.4 is 15.4 Å². The monoisotopic (exact) mass is 448 g/mol. The van der Waals surface area contributed by atoms with Gasteiger partial charge in [-0.1, -0.05) is 41.9 Å². The lowest BCUT2D eigenvalue weighted by Crippen LogP contribution is -2.20. The Morgan fingerprint density at radius 2 is 1.69 bits per heavy atom. The molecule has 7 heteroatoms. The smallest absolute Gasteiger partial charge is 0.308 e. The Bertz CT molecular complexity index is 1140. The zero-order valence-corrected chi connectivity index (χ0v) is 18.1. The zero-order chi connectivity index (χ0) is 22.9. The highest BCUT2D eigenvalue weighted by molar-refractivity contribution is 6.30. The molecule has 0 saturated heterocycles. The van der Waals surface area contributed by atoms with Gasteiger partial charge < -0.3 is 15.4 Å². The van der Waals surface area contributed by atoms with E-state index in [0.717, 1.165) is 11.1 Å². The maximum Gasteiger partial charge on any atom is 0.308 e. The van der Waals surface area contributed by atoms with Crippen molar-refractivity contribution in [2.24, 2.45) is 0 Å². The van der Waals surface area contributed by atoms with E-state index in [0.29, 0.717) is 28.6 Å². The maximum absolute atomic E-state index is 12.4. The van der Waals surface area contributed by atoms with Crippen molar-refractivity contribution in [1.29, 1.82) is 0 Å². The summed E-state index contributed by atoms with van der Waals surface area (Å²) in [6, 6.07) is 20.7. The van der Waals surface area contributed by atoms with Crippen LogP contribution in [0.1, 0.15) is 28.4 Å². The summed E-state index contributed by atoms with van der Waals surface area (Å²) < 4.78 is 5.00. The van der Waals surface area contributed by atoms with Crippen molar-refractivity contribution in [1.82, 2.24) is 5.32 Å². The summed E-state index contributed by atoms with van der Waals surface area (Å²) in [5, 5.41) is 6.23. The van der Waals surface area contributed by atoms with Gasteiger partial charge in [-0.3, -0.25) is 14.4 Å². The van der Waals surface area contributed by atoms with E-state index in [-0.39, 0.29) is 11.8 Å². The average Bonchev–Trinajstić information content (AvgIpc) is 2.78. The van der Waals surface area contributed by atoms with Gasteiger partial charge >= 0.3 is 5.97 Å². The molecule has 6 nitrogen and oxygen atoms in total. The second kappa shape index (κ2) is 10.9. The number of rotatable bonds is 7. The third-order valence-electron chi connectivity index (χ3n) is 4.33. The van der Waals surface area contributed by atoms with Crippen molar-refractivity contribution in [3.05, 3.63) is 101 Å². The lowest BCUT2D eigenvalue weighted by Gasteiger charge is -2.08. The summed E-state index contributed by atoms with van der Waals surface area (Å²) in [4.78, 5) is 35.5. The van der Waals surface area contributed by atoms with E-state index < -0.39 is 5.97 Å². The number of esters is 1. The molecule has 3 aromatic rings. The van der Waals surface area contributed by atoms with Gasteiger partial charge in [-0.25, -0.2) is 0 Å². The number of halogens is 1. The third-order valence-corrected chi connectivity index (χ3v) is 4.59. The van der Waals surface area contributed by atoms with Crippen LogP contribution in [0.5, 0.6) is 5.75 Å². The van der Waals surface area contributed by atoms with Crippen molar-refractivity contribution in [2.45, 2.75) is 13.5 Å². The van der Waals surface area contributed by atoms with Crippen LogP contribution in [-0.4, -0.2) is 17.8 Å². The number of anilines is 1. The Morgan fingerprint density at radius 1 is 0.969 bits per heavy atom. The molecular formula is C25H21ClN2O4. The first kappa shape index (κ1) is 22.8. The number of carbonyl (C=O) groups excluding carboxylic acids is 3. The summed E-state index contributed by atoms with van der Waals surface area (Å²) >= 11 is 5.84. The molecule has 3 aromatic carbocycles. The lowest BCUT2D eigenvalue weighted by molar-refractivity contribution is -0.131. The minimum atomic E-state index is -0.453. The van der Waals surface area contributed by atoms with Crippen LogP contribution in [-0.2, 0) is 16.1 Å². The van der Waals surface area contributed by atoms with Crippen LogP contribution in [0.2, 0.25) is 5.02 Å². The fraction of sp³-hybridized carbons (Fsp3) is 0.0800. The first-order valence-electron chi connectivity index (χ1n) is 9.79. The number of carbonyl (C=O) groups is 3. The molecule has 0 spiro atoms. The first-order valence-corrected chi connectivity index (χ1v) is 10.2. The third kappa shape index (κ3) is 7.11. The SMILES string of the molecule is CC(=O)Oc1cccc(C(=O)Nc2ccc(CNC(=O)/C=C/c3ccc(Cl)cc3)cc2)c1. The van der Waals surface area contributed by atoms with Crippen molar-refractivity contribution < 1.29 is 19.1 Å². The molecule has 0 aromatic heterocycles. The molecule has 2 amide bonds. The number of amides is 2. The lowest BCUT2D eigenvalue weighted by atomic mass is 10.1. The van der Waals surface area contributed by atoms with E-state index in [1.54, 1.807) is 48.5 Å². The van der Waals surface area contributed by atoms with Crippen molar-refractivity contribution in [3.8, 4) is 5.75 Å². The quantitative estimate of drug-likeness (QED) is 0.307. The van der Waals surface area contributed by atoms with E-state index in [1.807, 2.05) is 24.3 Å². The highest BCUT2D eigenvalue weighted by Gasteiger charge is 2.08. The molecule has 0 aliphatic carbocycles. The molecule has 0 radical (unpaired) electrons.